The summed E-state index contributed by atoms with van der Waals surface area (Å²) in [5.74, 6) is -0.836. The number of carboxylic acids is 1. The lowest BCUT2D eigenvalue weighted by Gasteiger charge is -2.22. The normalized spacial score (nSPS) is 10.9. The van der Waals surface area contributed by atoms with Gasteiger partial charge >= 0.3 is 5.97 Å². The van der Waals surface area contributed by atoms with Gasteiger partial charge in [0.15, 0.2) is 0 Å². The predicted molar refractivity (Wildman–Crippen MR) is 95.1 cm³/mol. The average molecular weight is 344 g/mol. The molecule has 0 aromatic carbocycles. The van der Waals surface area contributed by atoms with Crippen LogP contribution >= 0.6 is 0 Å². The number of aliphatic carboxylic acids is 1. The zero-order valence-electron chi connectivity index (χ0n) is 14.6. The maximum atomic E-state index is 11.0. The Morgan fingerprint density at radius 1 is 1.12 bits per heavy atom. The maximum Gasteiger partial charge on any atom is 0.304 e. The highest BCUT2D eigenvalue weighted by atomic mass is 16.4. The van der Waals surface area contributed by atoms with Crippen molar-refractivity contribution < 1.29 is 15.0 Å². The van der Waals surface area contributed by atoms with E-state index in [9.17, 15) is 9.90 Å². The SMILES string of the molecule is CN(C)c1cc(CO)nc(CN(CCC(=O)O)Cc2ccccn2)c1. The Kier molecular flexibility index (Phi) is 6.85. The van der Waals surface area contributed by atoms with Gasteiger partial charge in [-0.2, -0.15) is 0 Å². The smallest absolute Gasteiger partial charge is 0.304 e. The highest BCUT2D eigenvalue weighted by molar-refractivity contribution is 5.66. The molecule has 134 valence electrons. The molecule has 25 heavy (non-hydrogen) atoms. The molecule has 0 radical (unpaired) electrons. The monoisotopic (exact) mass is 344 g/mol. The van der Waals surface area contributed by atoms with E-state index in [4.69, 9.17) is 5.11 Å². The standard InChI is InChI=1S/C18H24N4O3/c1-21(2)17-9-15(20-16(10-17)13-23)12-22(8-6-18(24)25)11-14-5-3-4-7-19-14/h3-5,7,9-10,23H,6,8,11-13H2,1-2H3,(H,24,25). The summed E-state index contributed by atoms with van der Waals surface area (Å²) < 4.78 is 0. The van der Waals surface area contributed by atoms with Gasteiger partial charge in [0.2, 0.25) is 0 Å². The van der Waals surface area contributed by atoms with Gasteiger partial charge in [0, 0.05) is 45.6 Å². The molecule has 0 saturated carbocycles. The highest BCUT2D eigenvalue weighted by Gasteiger charge is 2.13. The fraction of sp³-hybridized carbons (Fsp3) is 0.389. The number of nitrogens with zero attached hydrogens (tertiary/aromatic N) is 4. The van der Waals surface area contributed by atoms with Crippen molar-refractivity contribution in [3.63, 3.8) is 0 Å². The summed E-state index contributed by atoms with van der Waals surface area (Å²) in [6.07, 6.45) is 1.77. The second-order valence-electron chi connectivity index (χ2n) is 6.04. The van der Waals surface area contributed by atoms with Crippen LogP contribution in [0, 0.1) is 0 Å². The number of hydrogen-bond acceptors (Lipinski definition) is 6. The molecule has 2 aromatic heterocycles. The molecule has 2 aromatic rings. The Balaban J connectivity index is 2.19. The zero-order chi connectivity index (χ0) is 18.2. The van der Waals surface area contributed by atoms with Crippen LogP contribution in [0.25, 0.3) is 0 Å². The van der Waals surface area contributed by atoms with E-state index in [1.54, 1.807) is 6.20 Å². The predicted octanol–water partition coefficient (Wildman–Crippen LogP) is 1.51. The third kappa shape index (κ3) is 6.13. The molecule has 7 nitrogen and oxygen atoms in total. The lowest BCUT2D eigenvalue weighted by atomic mass is 10.2. The summed E-state index contributed by atoms with van der Waals surface area (Å²) in [7, 11) is 3.85. The first kappa shape index (κ1) is 18.8. The Labute approximate surface area is 147 Å². The van der Waals surface area contributed by atoms with Gasteiger partial charge in [-0.1, -0.05) is 6.07 Å². The molecular weight excluding hydrogens is 320 g/mol. The molecule has 0 unspecified atom stereocenters. The minimum atomic E-state index is -0.836. The van der Waals surface area contributed by atoms with E-state index >= 15 is 0 Å². The largest absolute Gasteiger partial charge is 0.481 e. The summed E-state index contributed by atoms with van der Waals surface area (Å²) >= 11 is 0. The number of anilines is 1. The van der Waals surface area contributed by atoms with Gasteiger partial charge in [0.25, 0.3) is 0 Å². The van der Waals surface area contributed by atoms with Crippen molar-refractivity contribution in [2.45, 2.75) is 26.1 Å². The van der Waals surface area contributed by atoms with Gasteiger partial charge in [-0.05, 0) is 24.3 Å². The molecule has 0 aliphatic rings. The fourth-order valence-corrected chi connectivity index (χ4v) is 2.47. The molecule has 0 amide bonds. The molecule has 0 aliphatic carbocycles. The number of rotatable bonds is 9. The number of hydrogen-bond donors (Lipinski definition) is 2. The van der Waals surface area contributed by atoms with Crippen LogP contribution in [0.15, 0.2) is 36.5 Å². The van der Waals surface area contributed by atoms with Crippen LogP contribution in [0.4, 0.5) is 5.69 Å². The lowest BCUT2D eigenvalue weighted by Crippen LogP contribution is -2.27. The van der Waals surface area contributed by atoms with Gasteiger partial charge < -0.3 is 15.1 Å². The van der Waals surface area contributed by atoms with E-state index in [1.807, 2.05) is 54.2 Å². The fourth-order valence-electron chi connectivity index (χ4n) is 2.47. The number of carbonyl (C=O) groups is 1. The summed E-state index contributed by atoms with van der Waals surface area (Å²) in [6, 6.07) is 9.46. The molecule has 2 heterocycles. The summed E-state index contributed by atoms with van der Waals surface area (Å²) in [5.41, 5.74) is 3.21. The molecule has 0 aliphatic heterocycles. The van der Waals surface area contributed by atoms with E-state index < -0.39 is 5.97 Å². The van der Waals surface area contributed by atoms with Crippen molar-refractivity contribution >= 4 is 11.7 Å². The quantitative estimate of drug-likeness (QED) is 0.712. The molecule has 0 bridgehead atoms. The van der Waals surface area contributed by atoms with Gasteiger partial charge in [-0.25, -0.2) is 0 Å². The Morgan fingerprint density at radius 2 is 1.84 bits per heavy atom. The van der Waals surface area contributed by atoms with Crippen LogP contribution in [-0.2, 0) is 24.5 Å². The van der Waals surface area contributed by atoms with E-state index in [-0.39, 0.29) is 13.0 Å². The van der Waals surface area contributed by atoms with Crippen molar-refractivity contribution in [2.75, 3.05) is 25.5 Å². The van der Waals surface area contributed by atoms with Gasteiger partial charge in [-0.3, -0.25) is 19.7 Å². The van der Waals surface area contributed by atoms with Crippen molar-refractivity contribution in [3.8, 4) is 0 Å². The summed E-state index contributed by atoms with van der Waals surface area (Å²) in [5, 5.41) is 18.4. The third-order valence-corrected chi connectivity index (χ3v) is 3.73. The molecule has 0 saturated heterocycles. The maximum absolute atomic E-state index is 11.0. The van der Waals surface area contributed by atoms with Crippen LogP contribution < -0.4 is 4.90 Å². The minimum Gasteiger partial charge on any atom is -0.481 e. The molecular formula is C18H24N4O3. The molecule has 0 atom stereocenters. The van der Waals surface area contributed by atoms with Crippen LogP contribution in [-0.4, -0.2) is 51.7 Å². The Morgan fingerprint density at radius 3 is 2.44 bits per heavy atom. The van der Waals surface area contributed by atoms with E-state index in [0.29, 0.717) is 25.3 Å². The topological polar surface area (TPSA) is 89.8 Å². The molecule has 2 N–H and O–H groups in total. The second-order valence-corrected chi connectivity index (χ2v) is 6.04. The van der Waals surface area contributed by atoms with Gasteiger partial charge in [0.1, 0.15) is 0 Å². The van der Waals surface area contributed by atoms with Crippen molar-refractivity contribution in [2.24, 2.45) is 0 Å². The second kappa shape index (κ2) is 9.10. The van der Waals surface area contributed by atoms with E-state index in [1.165, 1.54) is 0 Å². The molecule has 0 spiro atoms. The van der Waals surface area contributed by atoms with Crippen molar-refractivity contribution in [1.29, 1.82) is 0 Å². The first-order valence-electron chi connectivity index (χ1n) is 8.10. The lowest BCUT2D eigenvalue weighted by molar-refractivity contribution is -0.137. The Bertz CT molecular complexity index is 692. The minimum absolute atomic E-state index is 0.0487. The summed E-state index contributed by atoms with van der Waals surface area (Å²) in [4.78, 5) is 23.7. The zero-order valence-corrected chi connectivity index (χ0v) is 14.6. The van der Waals surface area contributed by atoms with Crippen molar-refractivity contribution in [1.82, 2.24) is 14.9 Å². The van der Waals surface area contributed by atoms with Crippen LogP contribution in [0.5, 0.6) is 0 Å². The highest BCUT2D eigenvalue weighted by Crippen LogP contribution is 2.17. The van der Waals surface area contributed by atoms with Crippen LogP contribution in [0.1, 0.15) is 23.5 Å². The number of pyridine rings is 2. The first-order chi connectivity index (χ1) is 12.0. The number of aliphatic hydroxyl groups is 1. The van der Waals surface area contributed by atoms with E-state index in [2.05, 4.69) is 9.97 Å². The number of aliphatic hydroxyl groups excluding tert-OH is 1. The van der Waals surface area contributed by atoms with Crippen LogP contribution in [0.2, 0.25) is 0 Å². The van der Waals surface area contributed by atoms with Gasteiger partial charge in [0.05, 0.1) is 30.1 Å². The average Bonchev–Trinajstić information content (AvgIpc) is 2.60. The van der Waals surface area contributed by atoms with Crippen molar-refractivity contribution in [3.05, 3.63) is 53.6 Å². The molecule has 0 fully saturated rings. The number of aromatic nitrogens is 2. The third-order valence-electron chi connectivity index (χ3n) is 3.73. The molecule has 2 rings (SSSR count). The first-order valence-corrected chi connectivity index (χ1v) is 8.10. The summed E-state index contributed by atoms with van der Waals surface area (Å²) in [6.45, 7) is 1.28. The van der Waals surface area contributed by atoms with E-state index in [0.717, 1.165) is 17.1 Å². The molecule has 7 heteroatoms. The number of carboxylic acid groups (broad SMARTS) is 1. The Hall–Kier alpha value is -2.51. The van der Waals surface area contributed by atoms with Gasteiger partial charge in [-0.15, -0.1) is 0 Å². The van der Waals surface area contributed by atoms with Crippen LogP contribution in [0.3, 0.4) is 0 Å².